The summed E-state index contributed by atoms with van der Waals surface area (Å²) in [6, 6.07) is 3.55. The van der Waals surface area contributed by atoms with Crippen molar-refractivity contribution in [2.24, 2.45) is 5.73 Å². The monoisotopic (exact) mass is 266 g/mol. The molecule has 0 radical (unpaired) electrons. The number of aldehydes is 1. The Bertz CT molecular complexity index is 501. The van der Waals surface area contributed by atoms with E-state index >= 15 is 0 Å². The van der Waals surface area contributed by atoms with Crippen molar-refractivity contribution >= 4 is 18.2 Å². The third-order valence-corrected chi connectivity index (χ3v) is 2.24. The Kier molecular flexibility index (Phi) is 4.87. The largest absolute Gasteiger partial charge is 0.493 e. The second-order valence-corrected chi connectivity index (χ2v) is 3.64. The van der Waals surface area contributed by atoms with Crippen molar-refractivity contribution in [3.63, 3.8) is 0 Å². The lowest BCUT2D eigenvalue weighted by molar-refractivity contribution is -0.126. The van der Waals surface area contributed by atoms with Crippen LogP contribution in [0.15, 0.2) is 18.2 Å². The summed E-state index contributed by atoms with van der Waals surface area (Å²) in [4.78, 5) is 32.7. The quantitative estimate of drug-likeness (QED) is 0.753. The zero-order valence-corrected chi connectivity index (χ0v) is 10.5. The zero-order chi connectivity index (χ0) is 14.4. The van der Waals surface area contributed by atoms with E-state index in [4.69, 9.17) is 15.2 Å². The summed E-state index contributed by atoms with van der Waals surface area (Å²) in [5, 5.41) is 1.89. The van der Waals surface area contributed by atoms with Crippen molar-refractivity contribution in [1.29, 1.82) is 0 Å². The number of primary amides is 1. The van der Waals surface area contributed by atoms with Gasteiger partial charge in [0.1, 0.15) is 6.29 Å². The minimum Gasteiger partial charge on any atom is -0.493 e. The Hall–Kier alpha value is -2.57. The standard InChI is InChI=1S/C12H14N2O5/c1-7(11(16)14-12(13)17)19-10-5-8(6-15)3-4-9(10)18-2/h3-7H,1-2H3,(H3,13,14,16,17). The topological polar surface area (TPSA) is 108 Å². The van der Waals surface area contributed by atoms with E-state index in [1.54, 1.807) is 6.07 Å². The minimum absolute atomic E-state index is 0.222. The maximum Gasteiger partial charge on any atom is 0.318 e. The Balaban J connectivity index is 2.88. The second-order valence-electron chi connectivity index (χ2n) is 3.64. The number of nitrogens with one attached hydrogen (secondary N) is 1. The summed E-state index contributed by atoms with van der Waals surface area (Å²) in [7, 11) is 1.43. The first-order valence-electron chi connectivity index (χ1n) is 5.38. The van der Waals surface area contributed by atoms with Crippen LogP contribution in [0.25, 0.3) is 0 Å². The van der Waals surface area contributed by atoms with Crippen LogP contribution in [0, 0.1) is 0 Å². The number of imide groups is 1. The Labute approximate surface area is 109 Å². The lowest BCUT2D eigenvalue weighted by Crippen LogP contribution is -2.42. The van der Waals surface area contributed by atoms with Crippen LogP contribution in [0.3, 0.4) is 0 Å². The number of urea groups is 1. The molecule has 1 rings (SSSR count). The molecular weight excluding hydrogens is 252 g/mol. The van der Waals surface area contributed by atoms with Gasteiger partial charge in [0.15, 0.2) is 17.6 Å². The van der Waals surface area contributed by atoms with Gasteiger partial charge in [-0.1, -0.05) is 0 Å². The first kappa shape index (κ1) is 14.5. The molecule has 0 aromatic heterocycles. The average molecular weight is 266 g/mol. The van der Waals surface area contributed by atoms with Gasteiger partial charge in [0, 0.05) is 5.56 Å². The molecule has 3 amide bonds. The lowest BCUT2D eigenvalue weighted by atomic mass is 10.2. The molecule has 19 heavy (non-hydrogen) atoms. The smallest absolute Gasteiger partial charge is 0.318 e. The summed E-state index contributed by atoms with van der Waals surface area (Å²) in [6.07, 6.45) is -0.330. The number of carbonyl (C=O) groups excluding carboxylic acids is 3. The maximum atomic E-state index is 11.5. The van der Waals surface area contributed by atoms with Crippen LogP contribution < -0.4 is 20.5 Å². The van der Waals surface area contributed by atoms with Gasteiger partial charge in [-0.05, 0) is 25.1 Å². The predicted octanol–water partition coefficient (Wildman–Crippen LogP) is 0.470. The van der Waals surface area contributed by atoms with Crippen LogP contribution in [-0.4, -0.2) is 31.4 Å². The SMILES string of the molecule is COc1ccc(C=O)cc1OC(C)C(=O)NC(N)=O. The predicted molar refractivity (Wildman–Crippen MR) is 66.2 cm³/mol. The number of amides is 3. The molecule has 0 aliphatic heterocycles. The Morgan fingerprint density at radius 2 is 2.05 bits per heavy atom. The highest BCUT2D eigenvalue weighted by Gasteiger charge is 2.18. The van der Waals surface area contributed by atoms with Crippen LogP contribution in [0.4, 0.5) is 4.79 Å². The fourth-order valence-corrected chi connectivity index (χ4v) is 1.33. The zero-order valence-electron chi connectivity index (χ0n) is 10.5. The van der Waals surface area contributed by atoms with Crippen molar-refractivity contribution in [1.82, 2.24) is 5.32 Å². The summed E-state index contributed by atoms with van der Waals surface area (Å²) < 4.78 is 10.4. The number of nitrogens with two attached hydrogens (primary N) is 1. The number of rotatable bonds is 5. The van der Waals surface area contributed by atoms with Crippen LogP contribution in [0.1, 0.15) is 17.3 Å². The van der Waals surface area contributed by atoms with Gasteiger partial charge in [0.25, 0.3) is 5.91 Å². The van der Waals surface area contributed by atoms with Gasteiger partial charge in [-0.2, -0.15) is 0 Å². The molecule has 0 aliphatic carbocycles. The van der Waals surface area contributed by atoms with E-state index in [9.17, 15) is 14.4 Å². The number of benzene rings is 1. The second kappa shape index (κ2) is 6.39. The molecule has 1 aromatic carbocycles. The van der Waals surface area contributed by atoms with E-state index in [1.165, 1.54) is 26.2 Å². The molecule has 3 N–H and O–H groups in total. The molecule has 1 aromatic rings. The van der Waals surface area contributed by atoms with Crippen molar-refractivity contribution < 1.29 is 23.9 Å². The average Bonchev–Trinajstić information content (AvgIpc) is 2.37. The molecule has 0 heterocycles. The third kappa shape index (κ3) is 3.98. The molecule has 1 atom stereocenters. The molecule has 0 aliphatic rings. The molecule has 7 heteroatoms. The summed E-state index contributed by atoms with van der Waals surface area (Å²) in [5.41, 5.74) is 5.20. The summed E-state index contributed by atoms with van der Waals surface area (Å²) in [6.45, 7) is 1.44. The van der Waals surface area contributed by atoms with Crippen LogP contribution in [-0.2, 0) is 4.79 Å². The number of hydrogen-bond acceptors (Lipinski definition) is 5. The molecule has 7 nitrogen and oxygen atoms in total. The van der Waals surface area contributed by atoms with Crippen LogP contribution in [0.5, 0.6) is 11.5 Å². The molecule has 102 valence electrons. The summed E-state index contributed by atoms with van der Waals surface area (Å²) >= 11 is 0. The molecule has 0 spiro atoms. The van der Waals surface area contributed by atoms with E-state index in [0.29, 0.717) is 17.6 Å². The fraction of sp³-hybridized carbons (Fsp3) is 0.250. The highest BCUT2D eigenvalue weighted by atomic mass is 16.5. The Morgan fingerprint density at radius 1 is 1.37 bits per heavy atom. The van der Waals surface area contributed by atoms with E-state index in [-0.39, 0.29) is 5.75 Å². The molecule has 1 unspecified atom stereocenters. The third-order valence-electron chi connectivity index (χ3n) is 2.24. The van der Waals surface area contributed by atoms with Gasteiger partial charge < -0.3 is 15.2 Å². The fourth-order valence-electron chi connectivity index (χ4n) is 1.33. The number of carbonyl (C=O) groups is 3. The highest BCUT2D eigenvalue weighted by molar-refractivity contribution is 5.95. The van der Waals surface area contributed by atoms with Gasteiger partial charge in [-0.15, -0.1) is 0 Å². The lowest BCUT2D eigenvalue weighted by Gasteiger charge is -2.16. The maximum absolute atomic E-state index is 11.5. The van der Waals surface area contributed by atoms with Crippen molar-refractivity contribution in [2.75, 3.05) is 7.11 Å². The number of methoxy groups -OCH3 is 1. The van der Waals surface area contributed by atoms with Crippen LogP contribution in [0.2, 0.25) is 0 Å². The van der Waals surface area contributed by atoms with Gasteiger partial charge >= 0.3 is 6.03 Å². The van der Waals surface area contributed by atoms with Crippen LogP contribution >= 0.6 is 0 Å². The van der Waals surface area contributed by atoms with Crippen molar-refractivity contribution in [3.8, 4) is 11.5 Å². The Morgan fingerprint density at radius 3 is 2.58 bits per heavy atom. The van der Waals surface area contributed by atoms with Crippen molar-refractivity contribution in [2.45, 2.75) is 13.0 Å². The number of hydrogen-bond donors (Lipinski definition) is 2. The highest BCUT2D eigenvalue weighted by Crippen LogP contribution is 2.28. The number of ether oxygens (including phenoxy) is 2. The molecule has 0 bridgehead atoms. The molecule has 0 fully saturated rings. The van der Waals surface area contributed by atoms with E-state index in [1.807, 2.05) is 5.32 Å². The van der Waals surface area contributed by atoms with Gasteiger partial charge in [-0.25, -0.2) is 4.79 Å². The van der Waals surface area contributed by atoms with Gasteiger partial charge in [-0.3, -0.25) is 14.9 Å². The first-order valence-corrected chi connectivity index (χ1v) is 5.38. The first-order chi connectivity index (χ1) is 8.97. The van der Waals surface area contributed by atoms with E-state index in [0.717, 1.165) is 0 Å². The normalized spacial score (nSPS) is 11.3. The van der Waals surface area contributed by atoms with Gasteiger partial charge in [0.05, 0.1) is 7.11 Å². The molecule has 0 saturated carbocycles. The van der Waals surface area contributed by atoms with Gasteiger partial charge in [0.2, 0.25) is 0 Å². The van der Waals surface area contributed by atoms with E-state index in [2.05, 4.69) is 0 Å². The van der Waals surface area contributed by atoms with Crippen molar-refractivity contribution in [3.05, 3.63) is 23.8 Å². The van der Waals surface area contributed by atoms with E-state index < -0.39 is 18.0 Å². The molecular formula is C12H14N2O5. The molecule has 0 saturated heterocycles. The minimum atomic E-state index is -0.969. The summed E-state index contributed by atoms with van der Waals surface area (Å²) in [5.74, 6) is -0.102.